The molecule has 0 aliphatic heterocycles. The van der Waals surface area contributed by atoms with Gasteiger partial charge in [-0.25, -0.2) is 4.79 Å². The van der Waals surface area contributed by atoms with E-state index in [1.165, 1.54) is 0 Å². The zero-order valence-electron chi connectivity index (χ0n) is 8.30. The molecule has 0 saturated heterocycles. The molecule has 1 fully saturated rings. The van der Waals surface area contributed by atoms with Gasteiger partial charge in [0.25, 0.3) is 0 Å². The molecule has 0 spiro atoms. The van der Waals surface area contributed by atoms with Crippen molar-refractivity contribution >= 4 is 6.03 Å². The van der Waals surface area contributed by atoms with Crippen molar-refractivity contribution in [2.75, 3.05) is 13.2 Å². The van der Waals surface area contributed by atoms with E-state index in [1.54, 1.807) is 0 Å². The highest BCUT2D eigenvalue weighted by Crippen LogP contribution is 2.18. The van der Waals surface area contributed by atoms with Crippen molar-refractivity contribution in [2.45, 2.75) is 38.8 Å². The van der Waals surface area contributed by atoms with E-state index in [9.17, 15) is 4.79 Å². The molecule has 1 aliphatic rings. The third-order valence-electron chi connectivity index (χ3n) is 1.91. The zero-order valence-corrected chi connectivity index (χ0v) is 8.30. The second-order valence-corrected chi connectivity index (χ2v) is 3.39. The van der Waals surface area contributed by atoms with Crippen LogP contribution in [-0.4, -0.2) is 31.3 Å². The number of carbonyl (C=O) groups is 1. The topological polar surface area (TPSA) is 50.4 Å². The lowest BCUT2D eigenvalue weighted by Gasteiger charge is -2.12. The van der Waals surface area contributed by atoms with Crippen LogP contribution in [0.3, 0.4) is 0 Å². The summed E-state index contributed by atoms with van der Waals surface area (Å²) in [6, 6.07) is 0.344. The molecule has 0 bridgehead atoms. The van der Waals surface area contributed by atoms with Crippen LogP contribution >= 0.6 is 0 Å². The van der Waals surface area contributed by atoms with Crippen LogP contribution in [0.1, 0.15) is 26.7 Å². The number of hydrogen-bond acceptors (Lipinski definition) is 2. The third-order valence-corrected chi connectivity index (χ3v) is 1.91. The van der Waals surface area contributed by atoms with Gasteiger partial charge in [0.1, 0.15) is 0 Å². The SMILES string of the molecule is CCOC(C)CNC(=O)NC1CC1. The highest BCUT2D eigenvalue weighted by molar-refractivity contribution is 5.74. The molecule has 2 amide bonds. The first-order valence-corrected chi connectivity index (χ1v) is 4.88. The monoisotopic (exact) mass is 186 g/mol. The summed E-state index contributed by atoms with van der Waals surface area (Å²) >= 11 is 0. The van der Waals surface area contributed by atoms with E-state index in [1.807, 2.05) is 13.8 Å². The molecular weight excluding hydrogens is 168 g/mol. The van der Waals surface area contributed by atoms with E-state index in [4.69, 9.17) is 4.74 Å². The maximum atomic E-state index is 11.1. The number of amides is 2. The first-order valence-electron chi connectivity index (χ1n) is 4.88. The first kappa shape index (κ1) is 10.3. The van der Waals surface area contributed by atoms with Crippen LogP contribution in [-0.2, 0) is 4.74 Å². The van der Waals surface area contributed by atoms with Crippen LogP contribution < -0.4 is 10.6 Å². The van der Waals surface area contributed by atoms with E-state index in [0.29, 0.717) is 19.2 Å². The van der Waals surface area contributed by atoms with Gasteiger partial charge in [0, 0.05) is 19.2 Å². The van der Waals surface area contributed by atoms with Crippen molar-refractivity contribution in [1.82, 2.24) is 10.6 Å². The molecular formula is C9H18N2O2. The van der Waals surface area contributed by atoms with E-state index >= 15 is 0 Å². The highest BCUT2D eigenvalue weighted by Gasteiger charge is 2.22. The first-order chi connectivity index (χ1) is 6.22. The lowest BCUT2D eigenvalue weighted by Crippen LogP contribution is -2.40. The number of urea groups is 1. The molecule has 1 aliphatic carbocycles. The minimum absolute atomic E-state index is 0.0750. The predicted octanol–water partition coefficient (Wildman–Crippen LogP) is 0.873. The molecule has 1 unspecified atom stereocenters. The fraction of sp³-hybridized carbons (Fsp3) is 0.889. The summed E-state index contributed by atoms with van der Waals surface area (Å²) in [4.78, 5) is 11.1. The molecule has 1 rings (SSSR count). The number of rotatable bonds is 5. The molecule has 0 aromatic heterocycles. The smallest absolute Gasteiger partial charge is 0.315 e. The van der Waals surface area contributed by atoms with Gasteiger partial charge < -0.3 is 15.4 Å². The van der Waals surface area contributed by atoms with Gasteiger partial charge in [0.2, 0.25) is 0 Å². The van der Waals surface area contributed by atoms with E-state index in [-0.39, 0.29) is 12.1 Å². The summed E-state index contributed by atoms with van der Waals surface area (Å²) in [5.74, 6) is 0. The fourth-order valence-electron chi connectivity index (χ4n) is 1.04. The van der Waals surface area contributed by atoms with Crippen molar-refractivity contribution in [3.05, 3.63) is 0 Å². The second-order valence-electron chi connectivity index (χ2n) is 3.39. The van der Waals surface area contributed by atoms with Gasteiger partial charge in [-0.3, -0.25) is 0 Å². The molecule has 1 saturated carbocycles. The molecule has 0 aromatic carbocycles. The van der Waals surface area contributed by atoms with Crippen LogP contribution in [0.25, 0.3) is 0 Å². The summed E-state index contributed by atoms with van der Waals surface area (Å²) < 4.78 is 5.27. The number of nitrogens with one attached hydrogen (secondary N) is 2. The Morgan fingerprint density at radius 3 is 2.85 bits per heavy atom. The summed E-state index contributed by atoms with van der Waals surface area (Å²) in [6.07, 6.45) is 2.33. The van der Waals surface area contributed by atoms with Crippen molar-refractivity contribution in [1.29, 1.82) is 0 Å². The van der Waals surface area contributed by atoms with E-state index in [0.717, 1.165) is 12.8 Å². The molecule has 1 atom stereocenters. The number of ether oxygens (including phenoxy) is 1. The maximum Gasteiger partial charge on any atom is 0.315 e. The highest BCUT2D eigenvalue weighted by atomic mass is 16.5. The molecule has 0 radical (unpaired) electrons. The second kappa shape index (κ2) is 5.07. The third kappa shape index (κ3) is 4.72. The lowest BCUT2D eigenvalue weighted by molar-refractivity contribution is 0.0776. The average Bonchev–Trinajstić information content (AvgIpc) is 2.85. The molecule has 2 N–H and O–H groups in total. The lowest BCUT2D eigenvalue weighted by atomic mass is 10.4. The van der Waals surface area contributed by atoms with Gasteiger partial charge in [-0.15, -0.1) is 0 Å². The molecule has 0 heterocycles. The van der Waals surface area contributed by atoms with Gasteiger partial charge >= 0.3 is 6.03 Å². The molecule has 4 nitrogen and oxygen atoms in total. The molecule has 0 aromatic rings. The summed E-state index contributed by atoms with van der Waals surface area (Å²) in [7, 11) is 0. The Kier molecular flexibility index (Phi) is 4.02. The summed E-state index contributed by atoms with van der Waals surface area (Å²) in [6.45, 7) is 5.15. The van der Waals surface area contributed by atoms with Crippen LogP contribution in [0, 0.1) is 0 Å². The number of carbonyl (C=O) groups excluding carboxylic acids is 1. The normalized spacial score (nSPS) is 18.0. The van der Waals surface area contributed by atoms with Crippen LogP contribution in [0.15, 0.2) is 0 Å². The Morgan fingerprint density at radius 2 is 2.31 bits per heavy atom. The zero-order chi connectivity index (χ0) is 9.68. The quantitative estimate of drug-likeness (QED) is 0.669. The summed E-state index contributed by atoms with van der Waals surface area (Å²) in [5.41, 5.74) is 0. The largest absolute Gasteiger partial charge is 0.377 e. The maximum absolute atomic E-state index is 11.1. The minimum Gasteiger partial charge on any atom is -0.377 e. The molecule has 13 heavy (non-hydrogen) atoms. The van der Waals surface area contributed by atoms with Crippen molar-refractivity contribution in [3.63, 3.8) is 0 Å². The molecule has 4 heteroatoms. The van der Waals surface area contributed by atoms with Gasteiger partial charge in [0.15, 0.2) is 0 Å². The van der Waals surface area contributed by atoms with Crippen molar-refractivity contribution < 1.29 is 9.53 Å². The fourth-order valence-corrected chi connectivity index (χ4v) is 1.04. The predicted molar refractivity (Wildman–Crippen MR) is 50.6 cm³/mol. The van der Waals surface area contributed by atoms with Crippen LogP contribution in [0.4, 0.5) is 4.79 Å². The Balaban J connectivity index is 1.99. The van der Waals surface area contributed by atoms with E-state index < -0.39 is 0 Å². The van der Waals surface area contributed by atoms with Gasteiger partial charge in [0.05, 0.1) is 6.10 Å². The average molecular weight is 186 g/mol. The Morgan fingerprint density at radius 1 is 1.62 bits per heavy atom. The van der Waals surface area contributed by atoms with Crippen LogP contribution in [0.2, 0.25) is 0 Å². The van der Waals surface area contributed by atoms with Gasteiger partial charge in [-0.05, 0) is 26.7 Å². The molecule has 76 valence electrons. The van der Waals surface area contributed by atoms with Gasteiger partial charge in [-0.2, -0.15) is 0 Å². The van der Waals surface area contributed by atoms with Crippen molar-refractivity contribution in [3.8, 4) is 0 Å². The van der Waals surface area contributed by atoms with Crippen molar-refractivity contribution in [2.24, 2.45) is 0 Å². The van der Waals surface area contributed by atoms with E-state index in [2.05, 4.69) is 10.6 Å². The Bertz CT molecular complexity index is 169. The Hall–Kier alpha value is -0.770. The minimum atomic E-state index is -0.0750. The van der Waals surface area contributed by atoms with Gasteiger partial charge in [-0.1, -0.05) is 0 Å². The Labute approximate surface area is 79.0 Å². The summed E-state index contributed by atoms with van der Waals surface area (Å²) in [5, 5.41) is 5.61. The number of hydrogen-bond donors (Lipinski definition) is 2. The van der Waals surface area contributed by atoms with Crippen LogP contribution in [0.5, 0.6) is 0 Å². The standard InChI is InChI=1S/C9H18N2O2/c1-3-13-7(2)6-10-9(12)11-8-4-5-8/h7-8H,3-6H2,1-2H3,(H2,10,11,12).